The quantitative estimate of drug-likeness (QED) is 0.165. The van der Waals surface area contributed by atoms with Crippen molar-refractivity contribution in [1.29, 1.82) is 0 Å². The first-order valence-electron chi connectivity index (χ1n) is 18.4. The van der Waals surface area contributed by atoms with Crippen LogP contribution in [-0.2, 0) is 38.9 Å². The number of benzene rings is 2. The monoisotopic (exact) mass is 749 g/mol. The number of hydrogen-bond acceptors (Lipinski definition) is 8. The van der Waals surface area contributed by atoms with Gasteiger partial charge in [-0.1, -0.05) is 37.6 Å². The van der Waals surface area contributed by atoms with Crippen LogP contribution in [0.1, 0.15) is 69.8 Å². The molecule has 5 heterocycles. The number of amides is 2. The second-order valence-corrected chi connectivity index (χ2v) is 17.9. The smallest absolute Gasteiger partial charge is 0.410 e. The molecule has 0 aliphatic carbocycles. The zero-order chi connectivity index (χ0) is 38.4. The van der Waals surface area contributed by atoms with Crippen LogP contribution < -0.4 is 4.74 Å². The van der Waals surface area contributed by atoms with E-state index in [0.29, 0.717) is 66.3 Å². The number of likely N-dealkylation sites (tertiary alicyclic amines) is 1. The van der Waals surface area contributed by atoms with Gasteiger partial charge in [0.1, 0.15) is 17.1 Å². The number of aryl methyl sites for hydroxylation is 1. The molecule has 1 fully saturated rings. The second-order valence-electron chi connectivity index (χ2n) is 16.1. The number of fused-ring (bicyclic) bond motifs is 2. The summed E-state index contributed by atoms with van der Waals surface area (Å²) in [7, 11) is -4.08. The van der Waals surface area contributed by atoms with Gasteiger partial charge in [0.2, 0.25) is 5.91 Å². The van der Waals surface area contributed by atoms with Crippen LogP contribution in [0.2, 0.25) is 0 Å². The summed E-state index contributed by atoms with van der Waals surface area (Å²) in [6.45, 7) is 14.3. The van der Waals surface area contributed by atoms with Crippen LogP contribution in [0, 0.1) is 12.3 Å². The van der Waals surface area contributed by atoms with E-state index in [1.54, 1.807) is 53.7 Å². The van der Waals surface area contributed by atoms with Crippen LogP contribution in [0.3, 0.4) is 0 Å². The van der Waals surface area contributed by atoms with Crippen molar-refractivity contribution in [1.82, 2.24) is 23.7 Å². The Balaban J connectivity index is 1.26. The molecular weight excluding hydrogens is 703 g/mol. The maximum atomic E-state index is 14.2. The molecule has 2 aliphatic rings. The zero-order valence-electron chi connectivity index (χ0n) is 31.8. The molecule has 0 bridgehead atoms. The van der Waals surface area contributed by atoms with E-state index in [9.17, 15) is 18.0 Å². The van der Waals surface area contributed by atoms with Crippen molar-refractivity contribution < 1.29 is 27.5 Å². The first kappa shape index (κ1) is 37.1. The SMILES string of the molecule is Cc1ccc(S(=O)(=O)n2cc(-c3ccnc(CC(=O)N4CCC(C)(C)CC4)c3)c3c(Oc4ccc5c(c4)CN(C(=O)OC(C)(C)C)CC5)ccnc32)cc1. The van der Waals surface area contributed by atoms with Crippen molar-refractivity contribution in [3.05, 3.63) is 102 Å². The van der Waals surface area contributed by atoms with Crippen LogP contribution in [0.15, 0.2) is 84.1 Å². The average molecular weight is 750 g/mol. The molecule has 11 nitrogen and oxygen atoms in total. The highest BCUT2D eigenvalue weighted by Crippen LogP contribution is 2.40. The van der Waals surface area contributed by atoms with Crippen molar-refractivity contribution in [3.63, 3.8) is 0 Å². The summed E-state index contributed by atoms with van der Waals surface area (Å²) in [5.41, 5.74) is 4.62. The van der Waals surface area contributed by atoms with Gasteiger partial charge >= 0.3 is 6.09 Å². The van der Waals surface area contributed by atoms with Crippen LogP contribution in [0.25, 0.3) is 22.2 Å². The minimum atomic E-state index is -4.08. The molecule has 1 saturated heterocycles. The van der Waals surface area contributed by atoms with E-state index in [4.69, 9.17) is 9.47 Å². The van der Waals surface area contributed by atoms with Crippen LogP contribution in [0.5, 0.6) is 11.5 Å². The minimum absolute atomic E-state index is 0.0165. The Labute approximate surface area is 317 Å². The van der Waals surface area contributed by atoms with Gasteiger partial charge in [0.25, 0.3) is 10.0 Å². The summed E-state index contributed by atoms with van der Waals surface area (Å²) < 4.78 is 41.8. The summed E-state index contributed by atoms with van der Waals surface area (Å²) in [6.07, 6.45) is 7.08. The van der Waals surface area contributed by atoms with Gasteiger partial charge in [-0.2, -0.15) is 0 Å². The van der Waals surface area contributed by atoms with Gasteiger partial charge < -0.3 is 19.3 Å². The number of piperidine rings is 1. The minimum Gasteiger partial charge on any atom is -0.457 e. The molecule has 2 aliphatic heterocycles. The van der Waals surface area contributed by atoms with Gasteiger partial charge in [-0.15, -0.1) is 0 Å². The van der Waals surface area contributed by atoms with Crippen LogP contribution in [0.4, 0.5) is 4.79 Å². The average Bonchev–Trinajstić information content (AvgIpc) is 3.53. The van der Waals surface area contributed by atoms with Gasteiger partial charge in [0.05, 0.1) is 22.4 Å². The van der Waals surface area contributed by atoms with E-state index in [1.165, 1.54) is 10.2 Å². The number of ether oxygens (including phenoxy) is 2. The molecule has 0 spiro atoms. The molecule has 54 heavy (non-hydrogen) atoms. The fourth-order valence-electron chi connectivity index (χ4n) is 6.98. The number of pyridine rings is 2. The largest absolute Gasteiger partial charge is 0.457 e. The third-order valence-electron chi connectivity index (χ3n) is 10.2. The Hall–Kier alpha value is -5.23. The highest BCUT2D eigenvalue weighted by Gasteiger charge is 2.30. The van der Waals surface area contributed by atoms with Crippen molar-refractivity contribution in [2.45, 2.75) is 84.3 Å². The standard InChI is InChI=1S/C42H47N5O6S/c1-28-7-11-34(12-8-28)54(50,51)47-27-35(30-13-18-43-32(23-30)25-37(48)45-21-16-42(5,6)17-22-45)38-36(14-19-44-39(38)47)52-33-10-9-29-15-20-46(26-31(29)24-33)40(49)53-41(2,3)4/h7-14,18-19,23-24,27H,15-17,20-22,25-26H2,1-6H3. The summed E-state index contributed by atoms with van der Waals surface area (Å²) in [4.78, 5) is 39.1. The first-order chi connectivity index (χ1) is 25.6. The molecule has 0 N–H and O–H groups in total. The lowest BCUT2D eigenvalue weighted by molar-refractivity contribution is -0.132. The molecule has 0 radical (unpaired) electrons. The number of rotatable bonds is 7. The van der Waals surface area contributed by atoms with Gasteiger partial charge in [-0.3, -0.25) is 9.78 Å². The summed E-state index contributed by atoms with van der Waals surface area (Å²) in [5.74, 6) is 0.943. The van der Waals surface area contributed by atoms with E-state index in [2.05, 4.69) is 23.8 Å². The number of carbonyl (C=O) groups is 2. The van der Waals surface area contributed by atoms with Gasteiger partial charge in [0, 0.05) is 50.3 Å². The lowest BCUT2D eigenvalue weighted by Crippen LogP contribution is -2.41. The second kappa shape index (κ2) is 14.2. The maximum Gasteiger partial charge on any atom is 0.410 e. The molecule has 5 aromatic rings. The molecule has 282 valence electrons. The van der Waals surface area contributed by atoms with E-state index in [-0.39, 0.29) is 34.4 Å². The Morgan fingerprint density at radius 3 is 2.31 bits per heavy atom. The highest BCUT2D eigenvalue weighted by atomic mass is 32.2. The fourth-order valence-corrected chi connectivity index (χ4v) is 8.30. The fraction of sp³-hybridized carbons (Fsp3) is 0.381. The third-order valence-corrected chi connectivity index (χ3v) is 11.9. The maximum absolute atomic E-state index is 14.2. The van der Waals surface area contributed by atoms with Crippen molar-refractivity contribution >= 4 is 33.1 Å². The lowest BCUT2D eigenvalue weighted by atomic mass is 9.82. The topological polar surface area (TPSA) is 124 Å². The number of nitrogens with zero attached hydrogens (tertiary/aromatic N) is 5. The summed E-state index contributed by atoms with van der Waals surface area (Å²) >= 11 is 0. The number of aromatic nitrogens is 3. The summed E-state index contributed by atoms with van der Waals surface area (Å²) in [6, 6.07) is 17.8. The molecule has 0 unspecified atom stereocenters. The van der Waals surface area contributed by atoms with Gasteiger partial charge in [-0.25, -0.2) is 22.2 Å². The normalized spacial score (nSPS) is 15.9. The van der Waals surface area contributed by atoms with Crippen LogP contribution >= 0.6 is 0 Å². The van der Waals surface area contributed by atoms with Crippen molar-refractivity contribution in [2.24, 2.45) is 5.41 Å². The Bertz CT molecular complexity index is 2330. The van der Waals surface area contributed by atoms with E-state index in [0.717, 1.165) is 29.5 Å². The van der Waals surface area contributed by atoms with Crippen molar-refractivity contribution in [2.75, 3.05) is 19.6 Å². The molecule has 3 aromatic heterocycles. The molecular formula is C42H47N5O6S. The van der Waals surface area contributed by atoms with E-state index < -0.39 is 15.6 Å². The molecule has 2 aromatic carbocycles. The van der Waals surface area contributed by atoms with Gasteiger partial charge in [0.15, 0.2) is 5.65 Å². The molecule has 2 amide bonds. The highest BCUT2D eigenvalue weighted by molar-refractivity contribution is 7.90. The predicted octanol–water partition coefficient (Wildman–Crippen LogP) is 7.92. The zero-order valence-corrected chi connectivity index (χ0v) is 32.6. The predicted molar refractivity (Wildman–Crippen MR) is 207 cm³/mol. The first-order valence-corrected chi connectivity index (χ1v) is 19.8. The van der Waals surface area contributed by atoms with E-state index >= 15 is 0 Å². The van der Waals surface area contributed by atoms with Crippen LogP contribution in [-0.4, -0.2) is 69.4 Å². The lowest BCUT2D eigenvalue weighted by Gasteiger charge is -2.36. The molecule has 0 saturated carbocycles. The summed E-state index contributed by atoms with van der Waals surface area (Å²) in [5, 5.41) is 0.489. The Morgan fingerprint density at radius 1 is 0.870 bits per heavy atom. The Kier molecular flexibility index (Phi) is 9.76. The number of hydrogen-bond donors (Lipinski definition) is 0. The number of carbonyl (C=O) groups excluding carboxylic acids is 2. The molecule has 0 atom stereocenters. The van der Waals surface area contributed by atoms with Gasteiger partial charge in [-0.05, 0) is 112 Å². The molecule has 12 heteroatoms. The van der Waals surface area contributed by atoms with E-state index in [1.807, 2.05) is 56.9 Å². The third kappa shape index (κ3) is 7.84. The Morgan fingerprint density at radius 2 is 1.59 bits per heavy atom. The van der Waals surface area contributed by atoms with Crippen molar-refractivity contribution in [3.8, 4) is 22.6 Å². The molecule has 7 rings (SSSR count).